The van der Waals surface area contributed by atoms with Gasteiger partial charge in [0.15, 0.2) is 0 Å². The van der Waals surface area contributed by atoms with Crippen LogP contribution in [0.25, 0.3) is 0 Å². The van der Waals surface area contributed by atoms with Crippen molar-refractivity contribution in [3.05, 3.63) is 64.1 Å². The van der Waals surface area contributed by atoms with E-state index in [0.29, 0.717) is 6.61 Å². The molecule has 140 valence electrons. The van der Waals surface area contributed by atoms with Crippen molar-refractivity contribution in [3.8, 4) is 5.75 Å². The van der Waals surface area contributed by atoms with Gasteiger partial charge >= 0.3 is 0 Å². The largest absolute Gasteiger partial charge is 0.489 e. The van der Waals surface area contributed by atoms with Crippen molar-refractivity contribution >= 4 is 15.9 Å². The van der Waals surface area contributed by atoms with Gasteiger partial charge in [-0.15, -0.1) is 0 Å². The molecule has 26 heavy (non-hydrogen) atoms. The lowest BCUT2D eigenvalue weighted by molar-refractivity contribution is 0.0374. The van der Waals surface area contributed by atoms with E-state index in [0.717, 1.165) is 62.6 Å². The van der Waals surface area contributed by atoms with Gasteiger partial charge in [-0.05, 0) is 43.3 Å². The fourth-order valence-electron chi connectivity index (χ4n) is 3.04. The summed E-state index contributed by atoms with van der Waals surface area (Å²) in [6.07, 6.45) is 1.15. The average Bonchev–Trinajstić information content (AvgIpc) is 2.69. The van der Waals surface area contributed by atoms with Crippen LogP contribution in [0, 0.1) is 0 Å². The maximum Gasteiger partial charge on any atom is 0.124 e. The number of ether oxygens (including phenoxy) is 2. The third-order valence-electron chi connectivity index (χ3n) is 4.51. The van der Waals surface area contributed by atoms with Gasteiger partial charge in [0.2, 0.25) is 0 Å². The van der Waals surface area contributed by atoms with Gasteiger partial charge in [0.05, 0.1) is 13.2 Å². The highest BCUT2D eigenvalue weighted by atomic mass is 79.9. The molecule has 2 aromatic carbocycles. The van der Waals surface area contributed by atoms with E-state index >= 15 is 0 Å². The lowest BCUT2D eigenvalue weighted by atomic mass is 10.2. The van der Waals surface area contributed by atoms with Gasteiger partial charge in [-0.25, -0.2) is 0 Å². The Labute approximate surface area is 164 Å². The lowest BCUT2D eigenvalue weighted by Gasteiger charge is -2.26. The Kier molecular flexibility index (Phi) is 7.95. The molecular formula is C21H27BrN2O2. The predicted octanol–water partition coefficient (Wildman–Crippen LogP) is 3.84. The van der Waals surface area contributed by atoms with E-state index in [1.54, 1.807) is 0 Å². The first kappa shape index (κ1) is 19.4. The highest BCUT2D eigenvalue weighted by molar-refractivity contribution is 9.10. The number of nitrogens with zero attached hydrogens (tertiary/aromatic N) is 1. The van der Waals surface area contributed by atoms with Crippen molar-refractivity contribution < 1.29 is 9.47 Å². The molecule has 5 heteroatoms. The van der Waals surface area contributed by atoms with Crippen molar-refractivity contribution in [3.63, 3.8) is 0 Å². The first-order chi connectivity index (χ1) is 12.8. The minimum absolute atomic E-state index is 0.590. The molecule has 0 unspecified atom stereocenters. The van der Waals surface area contributed by atoms with E-state index in [2.05, 4.69) is 44.3 Å². The van der Waals surface area contributed by atoms with Crippen LogP contribution in [0.15, 0.2) is 53.0 Å². The third-order valence-corrected chi connectivity index (χ3v) is 5.00. The Balaban J connectivity index is 1.44. The van der Waals surface area contributed by atoms with Gasteiger partial charge < -0.3 is 14.8 Å². The molecule has 2 aromatic rings. The molecule has 0 radical (unpaired) electrons. The quantitative estimate of drug-likeness (QED) is 0.627. The first-order valence-electron chi connectivity index (χ1n) is 9.27. The molecule has 3 rings (SSSR count). The summed E-state index contributed by atoms with van der Waals surface area (Å²) in [6.45, 7) is 7.39. The van der Waals surface area contributed by atoms with Crippen LogP contribution in [-0.4, -0.2) is 44.3 Å². The number of halogens is 1. The van der Waals surface area contributed by atoms with Gasteiger partial charge in [-0.3, -0.25) is 4.90 Å². The molecule has 0 spiro atoms. The second kappa shape index (κ2) is 10.7. The number of hydrogen-bond donors (Lipinski definition) is 1. The summed E-state index contributed by atoms with van der Waals surface area (Å²) in [5, 5.41) is 3.55. The molecule has 1 aliphatic heterocycles. The highest BCUT2D eigenvalue weighted by Crippen LogP contribution is 2.24. The van der Waals surface area contributed by atoms with Crippen molar-refractivity contribution in [1.82, 2.24) is 10.2 Å². The van der Waals surface area contributed by atoms with Crippen molar-refractivity contribution in [2.75, 3.05) is 39.4 Å². The molecule has 0 amide bonds. The summed E-state index contributed by atoms with van der Waals surface area (Å²) in [5.41, 5.74) is 2.36. The zero-order valence-electron chi connectivity index (χ0n) is 15.1. The molecule has 4 nitrogen and oxygen atoms in total. The van der Waals surface area contributed by atoms with Gasteiger partial charge in [-0.2, -0.15) is 0 Å². The fourth-order valence-corrected chi connectivity index (χ4v) is 3.45. The molecule has 1 fully saturated rings. The summed E-state index contributed by atoms with van der Waals surface area (Å²) in [7, 11) is 0. The normalized spacial score (nSPS) is 15.1. The molecule has 1 aliphatic rings. The van der Waals surface area contributed by atoms with Crippen molar-refractivity contribution in [2.24, 2.45) is 0 Å². The molecule has 0 atom stereocenters. The SMILES string of the molecule is Brc1ccc(OCc2ccccc2)c(CNCCCN2CCOCC2)c1. The number of nitrogens with one attached hydrogen (secondary N) is 1. The fraction of sp³-hybridized carbons (Fsp3) is 0.429. The number of rotatable bonds is 9. The number of benzene rings is 2. The lowest BCUT2D eigenvalue weighted by Crippen LogP contribution is -2.37. The molecule has 1 heterocycles. The minimum Gasteiger partial charge on any atom is -0.489 e. The van der Waals surface area contributed by atoms with Crippen LogP contribution >= 0.6 is 15.9 Å². The second-order valence-electron chi connectivity index (χ2n) is 6.51. The van der Waals surface area contributed by atoms with Gasteiger partial charge in [0.25, 0.3) is 0 Å². The standard InChI is InChI=1S/C21H27BrN2O2/c22-20-7-8-21(26-17-18-5-2-1-3-6-18)19(15-20)16-23-9-4-10-24-11-13-25-14-12-24/h1-3,5-8,15,23H,4,9-14,16-17H2. The summed E-state index contributed by atoms with van der Waals surface area (Å²) < 4.78 is 12.5. The Morgan fingerprint density at radius 1 is 1.08 bits per heavy atom. The summed E-state index contributed by atoms with van der Waals surface area (Å²) >= 11 is 3.57. The van der Waals surface area contributed by atoms with Crippen LogP contribution in [0.5, 0.6) is 5.75 Å². The van der Waals surface area contributed by atoms with E-state index < -0.39 is 0 Å². The van der Waals surface area contributed by atoms with Crippen LogP contribution in [0.2, 0.25) is 0 Å². The van der Waals surface area contributed by atoms with E-state index in [1.807, 2.05) is 30.3 Å². The zero-order valence-corrected chi connectivity index (χ0v) is 16.7. The second-order valence-corrected chi connectivity index (χ2v) is 7.43. The molecule has 1 N–H and O–H groups in total. The summed E-state index contributed by atoms with van der Waals surface area (Å²) in [6, 6.07) is 16.5. The van der Waals surface area contributed by atoms with Crippen molar-refractivity contribution in [1.29, 1.82) is 0 Å². The molecule has 0 aliphatic carbocycles. The molecular weight excluding hydrogens is 392 g/mol. The van der Waals surface area contributed by atoms with Gasteiger partial charge in [-0.1, -0.05) is 46.3 Å². The zero-order chi connectivity index (χ0) is 18.0. The number of morpholine rings is 1. The topological polar surface area (TPSA) is 33.7 Å². The third kappa shape index (κ3) is 6.40. The van der Waals surface area contributed by atoms with Crippen LogP contribution in [0.1, 0.15) is 17.5 Å². The van der Waals surface area contributed by atoms with E-state index in [-0.39, 0.29) is 0 Å². The Morgan fingerprint density at radius 3 is 2.69 bits per heavy atom. The summed E-state index contributed by atoms with van der Waals surface area (Å²) in [5.74, 6) is 0.942. The molecule has 0 aromatic heterocycles. The van der Waals surface area contributed by atoms with E-state index in [1.165, 1.54) is 11.1 Å². The van der Waals surface area contributed by atoms with E-state index in [4.69, 9.17) is 9.47 Å². The average molecular weight is 419 g/mol. The Hall–Kier alpha value is -1.40. The number of hydrogen-bond acceptors (Lipinski definition) is 4. The monoisotopic (exact) mass is 418 g/mol. The van der Waals surface area contributed by atoms with Crippen LogP contribution in [0.4, 0.5) is 0 Å². The maximum atomic E-state index is 6.05. The van der Waals surface area contributed by atoms with Gasteiger partial charge in [0, 0.05) is 29.7 Å². The Morgan fingerprint density at radius 2 is 1.88 bits per heavy atom. The summed E-state index contributed by atoms with van der Waals surface area (Å²) in [4.78, 5) is 2.47. The maximum absolute atomic E-state index is 6.05. The highest BCUT2D eigenvalue weighted by Gasteiger charge is 2.09. The van der Waals surface area contributed by atoms with Crippen molar-refractivity contribution in [2.45, 2.75) is 19.6 Å². The predicted molar refractivity (Wildman–Crippen MR) is 108 cm³/mol. The smallest absolute Gasteiger partial charge is 0.124 e. The Bertz CT molecular complexity index is 660. The van der Waals surface area contributed by atoms with Crippen LogP contribution in [-0.2, 0) is 17.9 Å². The van der Waals surface area contributed by atoms with E-state index in [9.17, 15) is 0 Å². The van der Waals surface area contributed by atoms with Gasteiger partial charge in [0.1, 0.15) is 12.4 Å². The molecule has 0 saturated carbocycles. The van der Waals surface area contributed by atoms with Crippen LogP contribution < -0.4 is 10.1 Å². The van der Waals surface area contributed by atoms with Crippen LogP contribution in [0.3, 0.4) is 0 Å². The minimum atomic E-state index is 0.590. The molecule has 0 bridgehead atoms. The first-order valence-corrected chi connectivity index (χ1v) is 10.1. The molecule has 1 saturated heterocycles.